The Morgan fingerprint density at radius 1 is 1.50 bits per heavy atom. The second-order valence-corrected chi connectivity index (χ2v) is 4.06. The minimum Gasteiger partial charge on any atom is -0.354 e. The summed E-state index contributed by atoms with van der Waals surface area (Å²) in [6, 6.07) is 0.180. The maximum atomic E-state index is 11.4. The Kier molecular flexibility index (Phi) is 5.21. The molecule has 6 nitrogen and oxygen atoms in total. The fourth-order valence-electron chi connectivity index (χ4n) is 1.85. The molecule has 0 saturated carbocycles. The molecule has 4 N–H and O–H groups in total. The highest BCUT2D eigenvalue weighted by Crippen LogP contribution is 2.08. The second-order valence-electron chi connectivity index (χ2n) is 4.06. The normalized spacial score (nSPS) is 20.8. The Hall–Kier alpha value is -1.14. The zero-order valence-corrected chi connectivity index (χ0v) is 9.66. The van der Waals surface area contributed by atoms with Gasteiger partial charge in [0.2, 0.25) is 11.8 Å². The van der Waals surface area contributed by atoms with Crippen molar-refractivity contribution in [3.63, 3.8) is 0 Å². The van der Waals surface area contributed by atoms with E-state index in [0.29, 0.717) is 19.6 Å². The van der Waals surface area contributed by atoms with E-state index in [-0.39, 0.29) is 17.9 Å². The van der Waals surface area contributed by atoms with Gasteiger partial charge in [-0.15, -0.1) is 0 Å². The first kappa shape index (κ1) is 12.9. The molecule has 0 aliphatic carbocycles. The summed E-state index contributed by atoms with van der Waals surface area (Å²) >= 11 is 0. The summed E-state index contributed by atoms with van der Waals surface area (Å²) in [5.74, 6) is -0.0200. The number of carbonyl (C=O) groups is 2. The number of likely N-dealkylation sites (tertiary alicyclic amines) is 1. The maximum Gasteiger partial charge on any atom is 0.234 e. The molecule has 0 radical (unpaired) electrons. The first-order valence-corrected chi connectivity index (χ1v) is 5.58. The molecule has 2 amide bonds. The molecule has 1 aliphatic rings. The van der Waals surface area contributed by atoms with Crippen LogP contribution in [0.5, 0.6) is 0 Å². The zero-order valence-electron chi connectivity index (χ0n) is 9.66. The van der Waals surface area contributed by atoms with Gasteiger partial charge in [0.15, 0.2) is 0 Å². The van der Waals surface area contributed by atoms with Gasteiger partial charge in [0.05, 0.1) is 6.54 Å². The average Bonchev–Trinajstić information content (AvgIpc) is 2.61. The van der Waals surface area contributed by atoms with Gasteiger partial charge in [-0.05, 0) is 6.42 Å². The van der Waals surface area contributed by atoms with Crippen LogP contribution in [0.3, 0.4) is 0 Å². The lowest BCUT2D eigenvalue weighted by Crippen LogP contribution is -2.40. The highest BCUT2D eigenvalue weighted by atomic mass is 16.2. The first-order chi connectivity index (χ1) is 7.61. The molecule has 1 rings (SSSR count). The van der Waals surface area contributed by atoms with Gasteiger partial charge in [-0.25, -0.2) is 0 Å². The van der Waals surface area contributed by atoms with Gasteiger partial charge in [-0.3, -0.25) is 14.5 Å². The lowest BCUT2D eigenvalue weighted by atomic mass is 10.3. The lowest BCUT2D eigenvalue weighted by molar-refractivity contribution is -0.121. The quantitative estimate of drug-likeness (QED) is 0.522. The number of nitrogens with two attached hydrogens (primary N) is 1. The van der Waals surface area contributed by atoms with Gasteiger partial charge in [-0.1, -0.05) is 0 Å². The molecule has 6 heteroatoms. The minimum absolute atomic E-state index is 0.00562. The smallest absolute Gasteiger partial charge is 0.234 e. The van der Waals surface area contributed by atoms with Crippen molar-refractivity contribution in [3.8, 4) is 0 Å². The SMILES string of the molecule is CC(=O)NC1CCN(CC(=O)NCCN)C1. The van der Waals surface area contributed by atoms with Crippen molar-refractivity contribution in [2.24, 2.45) is 5.73 Å². The van der Waals surface area contributed by atoms with Crippen molar-refractivity contribution < 1.29 is 9.59 Å². The third-order valence-corrected chi connectivity index (χ3v) is 2.51. The Bertz CT molecular complexity index is 257. The van der Waals surface area contributed by atoms with Crippen LogP contribution in [-0.2, 0) is 9.59 Å². The van der Waals surface area contributed by atoms with Crippen LogP contribution in [0.4, 0.5) is 0 Å². The van der Waals surface area contributed by atoms with Crippen LogP contribution in [0.1, 0.15) is 13.3 Å². The van der Waals surface area contributed by atoms with Crippen LogP contribution < -0.4 is 16.4 Å². The zero-order chi connectivity index (χ0) is 12.0. The summed E-state index contributed by atoms with van der Waals surface area (Å²) in [5, 5.41) is 5.58. The van der Waals surface area contributed by atoms with E-state index in [1.165, 1.54) is 6.92 Å². The van der Waals surface area contributed by atoms with Crippen molar-refractivity contribution in [3.05, 3.63) is 0 Å². The molecule has 92 valence electrons. The number of nitrogens with one attached hydrogen (secondary N) is 2. The molecule has 1 saturated heterocycles. The number of nitrogens with zero attached hydrogens (tertiary/aromatic N) is 1. The molecule has 1 atom stereocenters. The van der Waals surface area contributed by atoms with Gasteiger partial charge in [0.1, 0.15) is 0 Å². The predicted molar refractivity (Wildman–Crippen MR) is 60.7 cm³/mol. The molecule has 0 aromatic heterocycles. The van der Waals surface area contributed by atoms with Crippen LogP contribution in [-0.4, -0.2) is 55.5 Å². The predicted octanol–water partition coefficient (Wildman–Crippen LogP) is -1.73. The third kappa shape index (κ3) is 4.59. The second kappa shape index (κ2) is 6.44. The highest BCUT2D eigenvalue weighted by Gasteiger charge is 2.24. The van der Waals surface area contributed by atoms with Gasteiger partial charge in [0.25, 0.3) is 0 Å². The molecule has 0 aromatic rings. The minimum atomic E-state index is -0.0144. The largest absolute Gasteiger partial charge is 0.354 e. The van der Waals surface area contributed by atoms with Crippen LogP contribution in [0, 0.1) is 0 Å². The van der Waals surface area contributed by atoms with E-state index in [2.05, 4.69) is 10.6 Å². The summed E-state index contributed by atoms with van der Waals surface area (Å²) in [6.07, 6.45) is 0.906. The van der Waals surface area contributed by atoms with Crippen molar-refractivity contribution >= 4 is 11.8 Å². The van der Waals surface area contributed by atoms with Crippen molar-refractivity contribution in [1.29, 1.82) is 0 Å². The first-order valence-electron chi connectivity index (χ1n) is 5.58. The number of carbonyl (C=O) groups excluding carboxylic acids is 2. The summed E-state index contributed by atoms with van der Waals surface area (Å²) < 4.78 is 0. The van der Waals surface area contributed by atoms with E-state index in [9.17, 15) is 9.59 Å². The van der Waals surface area contributed by atoms with E-state index < -0.39 is 0 Å². The fraction of sp³-hybridized carbons (Fsp3) is 0.800. The van der Waals surface area contributed by atoms with E-state index in [1.54, 1.807) is 0 Å². The van der Waals surface area contributed by atoms with Crippen molar-refractivity contribution in [2.45, 2.75) is 19.4 Å². The average molecular weight is 228 g/mol. The molecule has 0 aromatic carbocycles. The molecule has 1 unspecified atom stereocenters. The van der Waals surface area contributed by atoms with E-state index in [4.69, 9.17) is 5.73 Å². The standard InChI is InChI=1S/C10H20N4O2/c1-8(15)13-9-2-5-14(6-9)7-10(16)12-4-3-11/h9H,2-7,11H2,1H3,(H,12,16)(H,13,15). The van der Waals surface area contributed by atoms with Crippen LogP contribution in [0.2, 0.25) is 0 Å². The molecule has 1 heterocycles. The Morgan fingerprint density at radius 3 is 2.88 bits per heavy atom. The molecular formula is C10H20N4O2. The van der Waals surface area contributed by atoms with Gasteiger partial charge < -0.3 is 16.4 Å². The molecule has 1 aliphatic heterocycles. The summed E-state index contributed by atoms with van der Waals surface area (Å²) in [7, 11) is 0. The Morgan fingerprint density at radius 2 is 2.25 bits per heavy atom. The van der Waals surface area contributed by atoms with Gasteiger partial charge >= 0.3 is 0 Å². The number of hydrogen-bond donors (Lipinski definition) is 3. The topological polar surface area (TPSA) is 87.5 Å². The lowest BCUT2D eigenvalue weighted by Gasteiger charge is -2.15. The Balaban J connectivity index is 2.20. The highest BCUT2D eigenvalue weighted by molar-refractivity contribution is 5.78. The van der Waals surface area contributed by atoms with Crippen molar-refractivity contribution in [2.75, 3.05) is 32.7 Å². The van der Waals surface area contributed by atoms with Crippen LogP contribution in [0.15, 0.2) is 0 Å². The summed E-state index contributed by atoms with van der Waals surface area (Å²) in [6.45, 7) is 4.46. The number of amides is 2. The van der Waals surface area contributed by atoms with Crippen LogP contribution in [0.25, 0.3) is 0 Å². The Labute approximate surface area is 95.5 Å². The number of hydrogen-bond acceptors (Lipinski definition) is 4. The van der Waals surface area contributed by atoms with E-state index >= 15 is 0 Å². The molecular weight excluding hydrogens is 208 g/mol. The fourth-order valence-corrected chi connectivity index (χ4v) is 1.85. The molecule has 16 heavy (non-hydrogen) atoms. The van der Waals surface area contributed by atoms with E-state index in [1.807, 2.05) is 4.90 Å². The monoisotopic (exact) mass is 228 g/mol. The molecule has 0 bridgehead atoms. The van der Waals surface area contributed by atoms with Gasteiger partial charge in [-0.2, -0.15) is 0 Å². The van der Waals surface area contributed by atoms with Crippen molar-refractivity contribution in [1.82, 2.24) is 15.5 Å². The molecule has 0 spiro atoms. The number of rotatable bonds is 5. The maximum absolute atomic E-state index is 11.4. The van der Waals surface area contributed by atoms with E-state index in [0.717, 1.165) is 19.5 Å². The van der Waals surface area contributed by atoms with Gasteiger partial charge in [0, 0.05) is 39.1 Å². The summed E-state index contributed by atoms with van der Waals surface area (Å²) in [4.78, 5) is 24.3. The third-order valence-electron chi connectivity index (χ3n) is 2.51. The summed E-state index contributed by atoms with van der Waals surface area (Å²) in [5.41, 5.74) is 5.29. The van der Waals surface area contributed by atoms with Crippen LogP contribution >= 0.6 is 0 Å². The molecule has 1 fully saturated rings.